The van der Waals surface area contributed by atoms with Crippen LogP contribution in [-0.4, -0.2) is 36.7 Å². The third kappa shape index (κ3) is 3.17. The van der Waals surface area contributed by atoms with Crippen LogP contribution in [0.15, 0.2) is 18.2 Å². The Morgan fingerprint density at radius 1 is 1.53 bits per heavy atom. The summed E-state index contributed by atoms with van der Waals surface area (Å²) in [5, 5.41) is 12.8. The van der Waals surface area contributed by atoms with Crippen molar-refractivity contribution in [2.24, 2.45) is 5.92 Å². The number of aromatic hydroxyl groups is 1. The maximum absolute atomic E-state index is 13.1. The van der Waals surface area contributed by atoms with Crippen LogP contribution in [-0.2, 0) is 6.54 Å². The summed E-state index contributed by atoms with van der Waals surface area (Å²) in [5.74, 6) is 0.558. The second-order valence-electron chi connectivity index (χ2n) is 4.72. The van der Waals surface area contributed by atoms with E-state index >= 15 is 0 Å². The topological polar surface area (TPSA) is 35.5 Å². The molecule has 1 aromatic rings. The zero-order valence-corrected chi connectivity index (χ0v) is 10.1. The van der Waals surface area contributed by atoms with Crippen molar-refractivity contribution in [2.45, 2.75) is 13.0 Å². The van der Waals surface area contributed by atoms with E-state index in [1.54, 1.807) is 0 Å². The van der Waals surface area contributed by atoms with Gasteiger partial charge in [-0.15, -0.1) is 0 Å². The minimum absolute atomic E-state index is 0.184. The van der Waals surface area contributed by atoms with Gasteiger partial charge < -0.3 is 10.4 Å². The van der Waals surface area contributed by atoms with Crippen molar-refractivity contribution in [1.82, 2.24) is 10.2 Å². The summed E-state index contributed by atoms with van der Waals surface area (Å²) < 4.78 is 13.1. The van der Waals surface area contributed by atoms with Gasteiger partial charge in [-0.05, 0) is 50.7 Å². The molecule has 0 bridgehead atoms. The summed E-state index contributed by atoms with van der Waals surface area (Å²) in [7, 11) is 1.96. The molecule has 0 radical (unpaired) electrons. The Bertz CT molecular complexity index is 384. The van der Waals surface area contributed by atoms with Crippen LogP contribution in [0.3, 0.4) is 0 Å². The lowest BCUT2D eigenvalue weighted by Gasteiger charge is -2.16. The number of nitrogens with zero attached hydrogens (tertiary/aromatic N) is 1. The molecule has 1 atom stereocenters. The number of nitrogens with one attached hydrogen (secondary N) is 1. The number of phenolic OH excluding ortho intramolecular Hbond substituents is 1. The number of rotatable bonds is 4. The van der Waals surface area contributed by atoms with Crippen molar-refractivity contribution >= 4 is 0 Å². The first-order valence-corrected chi connectivity index (χ1v) is 6.03. The molecule has 1 saturated heterocycles. The smallest absolute Gasteiger partial charge is 0.123 e. The Hall–Kier alpha value is -1.13. The quantitative estimate of drug-likeness (QED) is 0.836. The van der Waals surface area contributed by atoms with Gasteiger partial charge in [0.05, 0.1) is 0 Å². The van der Waals surface area contributed by atoms with Crippen molar-refractivity contribution < 1.29 is 9.50 Å². The van der Waals surface area contributed by atoms with Crippen LogP contribution in [0.5, 0.6) is 5.75 Å². The molecule has 2 rings (SSSR count). The Balaban J connectivity index is 1.95. The number of hydrogen-bond acceptors (Lipinski definition) is 3. The molecule has 1 heterocycles. The van der Waals surface area contributed by atoms with E-state index in [2.05, 4.69) is 10.2 Å². The fourth-order valence-electron chi connectivity index (χ4n) is 2.43. The molecule has 1 aromatic carbocycles. The van der Waals surface area contributed by atoms with E-state index in [0.29, 0.717) is 18.0 Å². The average Bonchev–Trinajstić information content (AvgIpc) is 2.72. The Morgan fingerprint density at radius 2 is 2.35 bits per heavy atom. The van der Waals surface area contributed by atoms with E-state index in [-0.39, 0.29) is 11.6 Å². The maximum atomic E-state index is 13.1. The Labute approximate surface area is 101 Å². The van der Waals surface area contributed by atoms with E-state index in [4.69, 9.17) is 0 Å². The van der Waals surface area contributed by atoms with Gasteiger partial charge >= 0.3 is 0 Å². The summed E-state index contributed by atoms with van der Waals surface area (Å²) in [5.41, 5.74) is 0.676. The van der Waals surface area contributed by atoms with Gasteiger partial charge in [0, 0.05) is 18.7 Å². The van der Waals surface area contributed by atoms with Crippen molar-refractivity contribution in [2.75, 3.05) is 26.7 Å². The summed E-state index contributed by atoms with van der Waals surface area (Å²) >= 11 is 0. The van der Waals surface area contributed by atoms with Gasteiger partial charge in [0.15, 0.2) is 0 Å². The lowest BCUT2D eigenvalue weighted by Crippen LogP contribution is -2.24. The summed E-state index contributed by atoms with van der Waals surface area (Å²) in [6.45, 7) is 3.68. The van der Waals surface area contributed by atoms with Crippen LogP contribution < -0.4 is 5.32 Å². The largest absolute Gasteiger partial charge is 0.508 e. The van der Waals surface area contributed by atoms with Crippen molar-refractivity contribution in [3.05, 3.63) is 29.6 Å². The molecule has 1 fully saturated rings. The molecular weight excluding hydrogens is 219 g/mol. The normalized spacial score (nSPS) is 20.9. The number of halogens is 1. The van der Waals surface area contributed by atoms with Crippen LogP contribution in [0.1, 0.15) is 12.0 Å². The molecule has 0 spiro atoms. The van der Waals surface area contributed by atoms with Gasteiger partial charge in [0.25, 0.3) is 0 Å². The van der Waals surface area contributed by atoms with Crippen LogP contribution in [0.2, 0.25) is 0 Å². The fraction of sp³-hybridized carbons (Fsp3) is 0.538. The predicted octanol–water partition coefficient (Wildman–Crippen LogP) is 1.57. The maximum Gasteiger partial charge on any atom is 0.123 e. The number of phenols is 1. The van der Waals surface area contributed by atoms with E-state index in [1.165, 1.54) is 18.2 Å². The second-order valence-corrected chi connectivity index (χ2v) is 4.72. The molecule has 17 heavy (non-hydrogen) atoms. The highest BCUT2D eigenvalue weighted by Crippen LogP contribution is 2.23. The first-order chi connectivity index (χ1) is 8.19. The molecule has 0 aliphatic carbocycles. The minimum Gasteiger partial charge on any atom is -0.508 e. The lowest BCUT2D eigenvalue weighted by molar-refractivity contribution is 0.309. The highest BCUT2D eigenvalue weighted by molar-refractivity contribution is 5.32. The van der Waals surface area contributed by atoms with Gasteiger partial charge in [-0.2, -0.15) is 0 Å². The van der Waals surface area contributed by atoms with Crippen LogP contribution >= 0.6 is 0 Å². The van der Waals surface area contributed by atoms with E-state index in [9.17, 15) is 9.50 Å². The summed E-state index contributed by atoms with van der Waals surface area (Å²) in [4.78, 5) is 2.26. The molecule has 2 N–H and O–H groups in total. The minimum atomic E-state index is -0.288. The first-order valence-electron chi connectivity index (χ1n) is 6.03. The zero-order chi connectivity index (χ0) is 12.3. The monoisotopic (exact) mass is 238 g/mol. The van der Waals surface area contributed by atoms with E-state index in [1.807, 2.05) is 7.05 Å². The second kappa shape index (κ2) is 5.47. The average molecular weight is 238 g/mol. The molecule has 94 valence electrons. The van der Waals surface area contributed by atoms with Crippen molar-refractivity contribution in [3.8, 4) is 5.75 Å². The van der Waals surface area contributed by atoms with Crippen LogP contribution in [0.25, 0.3) is 0 Å². The standard InChI is InChI=1S/C13H19FN2O/c1-15-7-10-4-5-16(8-10)9-11-6-12(14)2-3-13(11)17/h2-3,6,10,15,17H,4-5,7-9H2,1H3. The van der Waals surface area contributed by atoms with Gasteiger partial charge in [-0.25, -0.2) is 4.39 Å². The molecule has 1 unspecified atom stereocenters. The van der Waals surface area contributed by atoms with Crippen molar-refractivity contribution in [3.63, 3.8) is 0 Å². The van der Waals surface area contributed by atoms with Crippen molar-refractivity contribution in [1.29, 1.82) is 0 Å². The number of benzene rings is 1. The Morgan fingerprint density at radius 3 is 3.12 bits per heavy atom. The molecule has 0 saturated carbocycles. The predicted molar refractivity (Wildman–Crippen MR) is 65.4 cm³/mol. The third-order valence-corrected chi connectivity index (χ3v) is 3.30. The molecule has 0 aromatic heterocycles. The highest BCUT2D eigenvalue weighted by Gasteiger charge is 2.22. The molecule has 1 aliphatic rings. The fourth-order valence-corrected chi connectivity index (χ4v) is 2.43. The number of likely N-dealkylation sites (tertiary alicyclic amines) is 1. The third-order valence-electron chi connectivity index (χ3n) is 3.30. The highest BCUT2D eigenvalue weighted by atomic mass is 19.1. The van der Waals surface area contributed by atoms with Gasteiger partial charge in [-0.3, -0.25) is 4.90 Å². The Kier molecular flexibility index (Phi) is 3.97. The first kappa shape index (κ1) is 12.3. The van der Waals surface area contributed by atoms with E-state index < -0.39 is 0 Å². The molecule has 3 nitrogen and oxygen atoms in total. The molecule has 1 aliphatic heterocycles. The number of hydrogen-bond donors (Lipinski definition) is 2. The van der Waals surface area contributed by atoms with Gasteiger partial charge in [-0.1, -0.05) is 0 Å². The molecule has 4 heteroatoms. The van der Waals surface area contributed by atoms with Crippen LogP contribution in [0.4, 0.5) is 4.39 Å². The zero-order valence-electron chi connectivity index (χ0n) is 10.1. The SMILES string of the molecule is CNCC1CCN(Cc2cc(F)ccc2O)C1. The molecular formula is C13H19FN2O. The summed E-state index contributed by atoms with van der Waals surface area (Å²) in [6.07, 6.45) is 1.16. The van der Waals surface area contributed by atoms with Gasteiger partial charge in [0.2, 0.25) is 0 Å². The summed E-state index contributed by atoms with van der Waals surface area (Å²) in [6, 6.07) is 4.12. The van der Waals surface area contributed by atoms with E-state index in [0.717, 1.165) is 26.1 Å². The van der Waals surface area contributed by atoms with Gasteiger partial charge in [0.1, 0.15) is 11.6 Å². The van der Waals surface area contributed by atoms with Crippen LogP contribution in [0, 0.1) is 11.7 Å². The molecule has 0 amide bonds. The lowest BCUT2D eigenvalue weighted by atomic mass is 10.1.